The first kappa shape index (κ1) is 16.1. The Morgan fingerprint density at radius 2 is 1.91 bits per heavy atom. The Balaban J connectivity index is 1.74. The Morgan fingerprint density at radius 1 is 1.18 bits per heavy atom. The summed E-state index contributed by atoms with van der Waals surface area (Å²) in [5, 5.41) is 16.5. The topological polar surface area (TPSA) is 78.4 Å². The van der Waals surface area contributed by atoms with Crippen molar-refractivity contribution in [2.24, 2.45) is 0 Å². The summed E-state index contributed by atoms with van der Waals surface area (Å²) < 4.78 is 12.7. The zero-order valence-corrected chi connectivity index (χ0v) is 12.4. The second-order valence-corrected chi connectivity index (χ2v) is 5.52. The van der Waals surface area contributed by atoms with Gasteiger partial charge in [0, 0.05) is 17.1 Å². The molecule has 1 aromatic heterocycles. The van der Waals surface area contributed by atoms with Gasteiger partial charge in [-0.1, -0.05) is 6.07 Å². The van der Waals surface area contributed by atoms with Crippen molar-refractivity contribution in [3.8, 4) is 0 Å². The highest BCUT2D eigenvalue weighted by atomic mass is 32.1. The lowest BCUT2D eigenvalue weighted by Crippen LogP contribution is -2.36. The van der Waals surface area contributed by atoms with E-state index in [1.807, 2.05) is 11.4 Å². The molecule has 0 aliphatic carbocycles. The fraction of sp³-hybridized carbons (Fsp3) is 0.200. The minimum atomic E-state index is -0.836. The summed E-state index contributed by atoms with van der Waals surface area (Å²) in [6.45, 7) is 0.175. The Kier molecular flexibility index (Phi) is 5.62. The van der Waals surface area contributed by atoms with Crippen LogP contribution in [0.15, 0.2) is 41.8 Å². The smallest absolute Gasteiger partial charge is 0.313 e. The number of halogens is 1. The minimum absolute atomic E-state index is 0.175. The Morgan fingerprint density at radius 3 is 2.55 bits per heavy atom. The maximum atomic E-state index is 12.7. The van der Waals surface area contributed by atoms with Crippen LogP contribution in [0.5, 0.6) is 0 Å². The molecule has 0 radical (unpaired) electrons. The molecule has 0 aliphatic heterocycles. The number of carbonyl (C=O) groups is 2. The summed E-state index contributed by atoms with van der Waals surface area (Å²) in [4.78, 5) is 24.0. The molecular weight excluding hydrogens is 307 g/mol. The highest BCUT2D eigenvalue weighted by molar-refractivity contribution is 7.10. The molecule has 1 atom stereocenters. The fourth-order valence-corrected chi connectivity index (χ4v) is 2.49. The van der Waals surface area contributed by atoms with Gasteiger partial charge in [0.15, 0.2) is 0 Å². The van der Waals surface area contributed by atoms with E-state index >= 15 is 0 Å². The first-order chi connectivity index (χ1) is 10.6. The Bertz CT molecular complexity index is 629. The lowest BCUT2D eigenvalue weighted by molar-refractivity contribution is -0.136. The van der Waals surface area contributed by atoms with Gasteiger partial charge in [0.1, 0.15) is 5.82 Å². The SMILES string of the molecule is O=C(NCCC(O)c1cccs1)C(=O)Nc1ccc(F)cc1. The second-order valence-electron chi connectivity index (χ2n) is 4.54. The van der Waals surface area contributed by atoms with Crippen molar-refractivity contribution in [2.75, 3.05) is 11.9 Å². The van der Waals surface area contributed by atoms with Crippen LogP contribution in [0.2, 0.25) is 0 Å². The minimum Gasteiger partial charge on any atom is -0.388 e. The van der Waals surface area contributed by atoms with E-state index in [0.717, 1.165) is 4.88 Å². The van der Waals surface area contributed by atoms with Gasteiger partial charge in [0.05, 0.1) is 6.10 Å². The summed E-state index contributed by atoms with van der Waals surface area (Å²) in [6.07, 6.45) is -0.351. The van der Waals surface area contributed by atoms with E-state index in [0.29, 0.717) is 12.1 Å². The third kappa shape index (κ3) is 4.64. The van der Waals surface area contributed by atoms with Gasteiger partial charge in [-0.15, -0.1) is 11.3 Å². The number of thiophene rings is 1. The first-order valence-electron chi connectivity index (χ1n) is 6.62. The molecule has 0 spiro atoms. The predicted octanol–water partition coefficient (Wildman–Crippen LogP) is 2.07. The molecule has 0 bridgehead atoms. The number of benzene rings is 1. The average molecular weight is 322 g/mol. The van der Waals surface area contributed by atoms with Crippen LogP contribution in [0.1, 0.15) is 17.4 Å². The van der Waals surface area contributed by atoms with E-state index in [1.54, 1.807) is 6.07 Å². The monoisotopic (exact) mass is 322 g/mol. The highest BCUT2D eigenvalue weighted by Crippen LogP contribution is 2.20. The van der Waals surface area contributed by atoms with Gasteiger partial charge in [0.25, 0.3) is 0 Å². The van der Waals surface area contributed by atoms with Crippen molar-refractivity contribution in [2.45, 2.75) is 12.5 Å². The highest BCUT2D eigenvalue weighted by Gasteiger charge is 2.14. The van der Waals surface area contributed by atoms with Gasteiger partial charge in [-0.05, 0) is 42.1 Å². The first-order valence-corrected chi connectivity index (χ1v) is 7.50. The van der Waals surface area contributed by atoms with E-state index in [2.05, 4.69) is 10.6 Å². The number of anilines is 1. The molecule has 0 fully saturated rings. The molecular formula is C15H15FN2O3S. The maximum Gasteiger partial charge on any atom is 0.313 e. The molecule has 2 aromatic rings. The normalized spacial score (nSPS) is 11.7. The van der Waals surface area contributed by atoms with Crippen LogP contribution in [-0.4, -0.2) is 23.5 Å². The Hall–Kier alpha value is -2.25. The van der Waals surface area contributed by atoms with Crippen molar-refractivity contribution in [1.29, 1.82) is 0 Å². The van der Waals surface area contributed by atoms with Crippen LogP contribution in [0, 0.1) is 5.82 Å². The van der Waals surface area contributed by atoms with Crippen LogP contribution in [0.25, 0.3) is 0 Å². The number of hydrogen-bond acceptors (Lipinski definition) is 4. The molecule has 22 heavy (non-hydrogen) atoms. The molecule has 0 saturated carbocycles. The van der Waals surface area contributed by atoms with Crippen molar-refractivity contribution in [3.05, 3.63) is 52.5 Å². The second kappa shape index (κ2) is 7.67. The van der Waals surface area contributed by atoms with Crippen molar-refractivity contribution in [1.82, 2.24) is 5.32 Å². The summed E-state index contributed by atoms with van der Waals surface area (Å²) in [5.74, 6) is -2.06. The number of nitrogens with one attached hydrogen (secondary N) is 2. The number of carbonyl (C=O) groups excluding carboxylic acids is 2. The quantitative estimate of drug-likeness (QED) is 0.737. The van der Waals surface area contributed by atoms with E-state index in [4.69, 9.17) is 0 Å². The van der Waals surface area contributed by atoms with Crippen LogP contribution in [-0.2, 0) is 9.59 Å². The van der Waals surface area contributed by atoms with Crippen LogP contribution in [0.3, 0.4) is 0 Å². The molecule has 5 nitrogen and oxygen atoms in total. The fourth-order valence-electron chi connectivity index (χ4n) is 1.75. The van der Waals surface area contributed by atoms with Gasteiger partial charge >= 0.3 is 11.8 Å². The number of aliphatic hydroxyl groups excluding tert-OH is 1. The third-order valence-corrected chi connectivity index (χ3v) is 3.86. The van der Waals surface area contributed by atoms with Gasteiger partial charge in [-0.3, -0.25) is 9.59 Å². The number of amides is 2. The number of hydrogen-bond donors (Lipinski definition) is 3. The van der Waals surface area contributed by atoms with Crippen LogP contribution >= 0.6 is 11.3 Å². The molecule has 3 N–H and O–H groups in total. The van der Waals surface area contributed by atoms with Crippen LogP contribution < -0.4 is 10.6 Å². The summed E-state index contributed by atoms with van der Waals surface area (Å²) in [7, 11) is 0. The average Bonchev–Trinajstić information content (AvgIpc) is 3.03. The lowest BCUT2D eigenvalue weighted by atomic mass is 10.2. The maximum absolute atomic E-state index is 12.7. The molecule has 2 rings (SSSR count). The lowest BCUT2D eigenvalue weighted by Gasteiger charge is -2.09. The largest absolute Gasteiger partial charge is 0.388 e. The standard InChI is InChI=1S/C15H15FN2O3S/c16-10-3-5-11(6-4-10)18-15(21)14(20)17-8-7-12(19)13-2-1-9-22-13/h1-6,9,12,19H,7-8H2,(H,17,20)(H,18,21). The third-order valence-electron chi connectivity index (χ3n) is 2.88. The zero-order chi connectivity index (χ0) is 15.9. The van der Waals surface area contributed by atoms with E-state index in [-0.39, 0.29) is 6.54 Å². The molecule has 0 saturated heterocycles. The molecule has 2 amide bonds. The number of aliphatic hydroxyl groups is 1. The Labute approximate surface area is 130 Å². The molecule has 1 unspecified atom stereocenters. The summed E-state index contributed by atoms with van der Waals surface area (Å²) in [5.41, 5.74) is 0.333. The molecule has 0 aliphatic rings. The van der Waals surface area contributed by atoms with Crippen molar-refractivity contribution < 1.29 is 19.1 Å². The van der Waals surface area contributed by atoms with Gasteiger partial charge < -0.3 is 15.7 Å². The van der Waals surface area contributed by atoms with Crippen molar-refractivity contribution in [3.63, 3.8) is 0 Å². The summed E-state index contributed by atoms with van der Waals surface area (Å²) >= 11 is 1.43. The van der Waals surface area contributed by atoms with Gasteiger partial charge in [-0.2, -0.15) is 0 Å². The number of rotatable bonds is 5. The molecule has 1 heterocycles. The molecule has 116 valence electrons. The van der Waals surface area contributed by atoms with Crippen molar-refractivity contribution >= 4 is 28.8 Å². The van der Waals surface area contributed by atoms with E-state index in [9.17, 15) is 19.1 Å². The predicted molar refractivity (Wildman–Crippen MR) is 81.9 cm³/mol. The summed E-state index contributed by atoms with van der Waals surface area (Å²) in [6, 6.07) is 8.73. The zero-order valence-electron chi connectivity index (χ0n) is 11.6. The van der Waals surface area contributed by atoms with Gasteiger partial charge in [-0.25, -0.2) is 4.39 Å². The van der Waals surface area contributed by atoms with Gasteiger partial charge in [0.2, 0.25) is 0 Å². The van der Waals surface area contributed by atoms with Crippen LogP contribution in [0.4, 0.5) is 10.1 Å². The molecule has 1 aromatic carbocycles. The van der Waals surface area contributed by atoms with E-state index < -0.39 is 23.7 Å². The molecule has 7 heteroatoms. The van der Waals surface area contributed by atoms with E-state index in [1.165, 1.54) is 35.6 Å².